The second-order valence-corrected chi connectivity index (χ2v) is 8.71. The van der Waals surface area contributed by atoms with E-state index in [1.807, 2.05) is 0 Å². The Morgan fingerprint density at radius 2 is 1.81 bits per heavy atom. The highest BCUT2D eigenvalue weighted by molar-refractivity contribution is 7.89. The first-order valence-corrected chi connectivity index (χ1v) is 10.8. The molecule has 1 N–H and O–H groups in total. The molecule has 10 heteroatoms. The summed E-state index contributed by atoms with van der Waals surface area (Å²) in [6.07, 6.45) is 1.47. The van der Waals surface area contributed by atoms with Crippen molar-refractivity contribution in [1.82, 2.24) is 18.8 Å². The van der Waals surface area contributed by atoms with Gasteiger partial charge < -0.3 is 4.74 Å². The summed E-state index contributed by atoms with van der Waals surface area (Å²) in [4.78, 5) is 16.2. The summed E-state index contributed by atoms with van der Waals surface area (Å²) >= 11 is 0. The van der Waals surface area contributed by atoms with Crippen molar-refractivity contribution in [3.63, 3.8) is 0 Å². The lowest BCUT2D eigenvalue weighted by Gasteiger charge is -2.09. The van der Waals surface area contributed by atoms with E-state index in [2.05, 4.69) is 9.71 Å². The quantitative estimate of drug-likeness (QED) is 0.495. The van der Waals surface area contributed by atoms with Crippen LogP contribution in [-0.4, -0.2) is 22.5 Å². The van der Waals surface area contributed by atoms with Crippen LogP contribution in [0.15, 0.2) is 70.5 Å². The average Bonchev–Trinajstić information content (AvgIpc) is 2.97. The molecule has 4 aromatic rings. The van der Waals surface area contributed by atoms with E-state index in [9.17, 15) is 17.6 Å². The lowest BCUT2D eigenvalue weighted by atomic mass is 10.3. The van der Waals surface area contributed by atoms with Crippen molar-refractivity contribution in [2.75, 3.05) is 0 Å². The second kappa shape index (κ2) is 7.97. The van der Waals surface area contributed by atoms with Gasteiger partial charge in [0.2, 0.25) is 15.9 Å². The number of nitrogens with one attached hydrogen (secondary N) is 1. The number of ether oxygens (including phenoxy) is 1. The van der Waals surface area contributed by atoms with Crippen molar-refractivity contribution in [1.29, 1.82) is 0 Å². The van der Waals surface area contributed by atoms with Gasteiger partial charge in [-0.05, 0) is 35.9 Å². The molecule has 0 radical (unpaired) electrons. The Bertz CT molecular complexity index is 1430. The van der Waals surface area contributed by atoms with E-state index in [0.717, 1.165) is 0 Å². The Balaban J connectivity index is 1.47. The zero-order chi connectivity index (χ0) is 22.2. The highest BCUT2D eigenvalue weighted by atomic mass is 32.2. The van der Waals surface area contributed by atoms with Crippen LogP contribution in [0.25, 0.3) is 11.0 Å². The summed E-state index contributed by atoms with van der Waals surface area (Å²) in [6, 6.07) is 13.4. The third kappa shape index (κ3) is 4.21. The monoisotopic (exact) mass is 442 g/mol. The van der Waals surface area contributed by atoms with Crippen molar-refractivity contribution in [2.45, 2.75) is 11.4 Å². The minimum atomic E-state index is -3.81. The Morgan fingerprint density at radius 3 is 2.52 bits per heavy atom. The van der Waals surface area contributed by atoms with Gasteiger partial charge in [-0.25, -0.2) is 27.3 Å². The molecule has 0 aliphatic carbocycles. The van der Waals surface area contributed by atoms with Crippen LogP contribution in [-0.2, 0) is 30.7 Å². The molecule has 4 rings (SSSR count). The van der Waals surface area contributed by atoms with Gasteiger partial charge in [-0.15, -0.1) is 0 Å². The number of aromatic nitrogens is 3. The molecule has 31 heavy (non-hydrogen) atoms. The lowest BCUT2D eigenvalue weighted by molar-refractivity contribution is 0.457. The van der Waals surface area contributed by atoms with Crippen LogP contribution >= 0.6 is 0 Å². The number of nitrogens with zero attached hydrogens (tertiary/aromatic N) is 3. The van der Waals surface area contributed by atoms with Crippen LogP contribution in [0.5, 0.6) is 11.6 Å². The molecular weight excluding hydrogens is 423 g/mol. The molecule has 0 fully saturated rings. The molecule has 0 atom stereocenters. The van der Waals surface area contributed by atoms with Crippen molar-refractivity contribution in [3.05, 3.63) is 82.7 Å². The third-order valence-electron chi connectivity index (χ3n) is 4.84. The fourth-order valence-electron chi connectivity index (χ4n) is 3.14. The van der Waals surface area contributed by atoms with Crippen LogP contribution in [0.4, 0.5) is 4.39 Å². The van der Waals surface area contributed by atoms with E-state index in [1.54, 1.807) is 38.4 Å². The summed E-state index contributed by atoms with van der Waals surface area (Å²) in [7, 11) is -0.587. The van der Waals surface area contributed by atoms with Crippen molar-refractivity contribution in [3.8, 4) is 11.6 Å². The summed E-state index contributed by atoms with van der Waals surface area (Å²) in [6.45, 7) is 0.0152. The summed E-state index contributed by atoms with van der Waals surface area (Å²) in [5.41, 5.74) is 1.55. The Morgan fingerprint density at radius 1 is 1.03 bits per heavy atom. The van der Waals surface area contributed by atoms with Crippen LogP contribution in [0.3, 0.4) is 0 Å². The molecule has 0 unspecified atom stereocenters. The Hall–Kier alpha value is -3.50. The predicted molar refractivity (Wildman–Crippen MR) is 113 cm³/mol. The zero-order valence-electron chi connectivity index (χ0n) is 16.7. The first-order chi connectivity index (χ1) is 14.7. The number of rotatable bonds is 6. The minimum absolute atomic E-state index is 0.0152. The number of benzene rings is 2. The molecule has 2 aromatic heterocycles. The summed E-state index contributed by atoms with van der Waals surface area (Å²) < 4.78 is 49.5. The van der Waals surface area contributed by atoms with Gasteiger partial charge in [0.1, 0.15) is 11.6 Å². The summed E-state index contributed by atoms with van der Waals surface area (Å²) in [5.74, 6) is 0.150. The molecule has 2 aromatic carbocycles. The number of sulfonamides is 1. The highest BCUT2D eigenvalue weighted by Crippen LogP contribution is 2.21. The van der Waals surface area contributed by atoms with Crippen LogP contribution < -0.4 is 15.1 Å². The fraction of sp³-hybridized carbons (Fsp3) is 0.143. The minimum Gasteiger partial charge on any atom is -0.439 e. The highest BCUT2D eigenvalue weighted by Gasteiger charge is 2.17. The first-order valence-electron chi connectivity index (χ1n) is 9.28. The van der Waals surface area contributed by atoms with Crippen LogP contribution in [0.1, 0.15) is 5.56 Å². The maximum Gasteiger partial charge on any atom is 0.328 e. The average molecular weight is 442 g/mol. The smallest absolute Gasteiger partial charge is 0.328 e. The first kappa shape index (κ1) is 20.8. The summed E-state index contributed by atoms with van der Waals surface area (Å²) in [5, 5.41) is 0. The maximum absolute atomic E-state index is 13.2. The Labute approximate surface area is 177 Å². The van der Waals surface area contributed by atoms with Crippen molar-refractivity contribution >= 4 is 21.1 Å². The van der Waals surface area contributed by atoms with Crippen LogP contribution in [0.2, 0.25) is 0 Å². The second-order valence-electron chi connectivity index (χ2n) is 6.94. The van der Waals surface area contributed by atoms with Gasteiger partial charge in [-0.2, -0.15) is 0 Å². The molecule has 0 saturated heterocycles. The van der Waals surface area contributed by atoms with Gasteiger partial charge in [0, 0.05) is 39.0 Å². The molecular formula is C21H19FN4O4S. The van der Waals surface area contributed by atoms with Crippen LogP contribution in [0, 0.1) is 5.82 Å². The van der Waals surface area contributed by atoms with E-state index in [-0.39, 0.29) is 23.0 Å². The number of hydrogen-bond acceptors (Lipinski definition) is 5. The SMILES string of the molecule is Cn1c(=O)n(C)c2cc(S(=O)(=O)NCc3ccc(Oc4cccc(F)c4)nc3)ccc21. The van der Waals surface area contributed by atoms with E-state index >= 15 is 0 Å². The number of aryl methyl sites for hydroxylation is 2. The predicted octanol–water partition coefficient (Wildman–Crippen LogP) is 2.68. The number of fused-ring (bicyclic) bond motifs is 1. The Kier molecular flexibility index (Phi) is 5.34. The number of hydrogen-bond donors (Lipinski definition) is 1. The van der Waals surface area contributed by atoms with E-state index in [4.69, 9.17) is 4.74 Å². The molecule has 2 heterocycles. The van der Waals surface area contributed by atoms with Gasteiger partial charge in [0.25, 0.3) is 0 Å². The molecule has 160 valence electrons. The van der Waals surface area contributed by atoms with Crippen molar-refractivity contribution in [2.24, 2.45) is 14.1 Å². The van der Waals surface area contributed by atoms with E-state index in [1.165, 1.54) is 45.7 Å². The van der Waals surface area contributed by atoms with E-state index < -0.39 is 15.8 Å². The van der Waals surface area contributed by atoms with Gasteiger partial charge in [0.15, 0.2) is 0 Å². The molecule has 8 nitrogen and oxygen atoms in total. The number of pyridine rings is 1. The molecule has 0 amide bonds. The van der Waals surface area contributed by atoms with Gasteiger partial charge in [0.05, 0.1) is 15.9 Å². The topological polar surface area (TPSA) is 95.2 Å². The fourth-order valence-corrected chi connectivity index (χ4v) is 4.18. The standard InChI is InChI=1S/C21H19FN4O4S/c1-25-18-8-7-17(11-19(18)26(2)21(25)27)31(28,29)24-13-14-6-9-20(23-12-14)30-16-5-3-4-15(22)10-16/h3-12,24H,13H2,1-2H3. The molecule has 0 bridgehead atoms. The molecule has 0 aliphatic heterocycles. The third-order valence-corrected chi connectivity index (χ3v) is 6.24. The van der Waals surface area contributed by atoms with Gasteiger partial charge in [-0.3, -0.25) is 9.13 Å². The zero-order valence-corrected chi connectivity index (χ0v) is 17.6. The number of halogens is 1. The van der Waals surface area contributed by atoms with Gasteiger partial charge >= 0.3 is 5.69 Å². The normalized spacial score (nSPS) is 11.7. The number of imidazole rings is 1. The molecule has 0 aliphatic rings. The van der Waals surface area contributed by atoms with Gasteiger partial charge in [-0.1, -0.05) is 12.1 Å². The molecule has 0 spiro atoms. The maximum atomic E-state index is 13.2. The largest absolute Gasteiger partial charge is 0.439 e. The van der Waals surface area contributed by atoms with Crippen molar-refractivity contribution < 1.29 is 17.5 Å². The lowest BCUT2D eigenvalue weighted by Crippen LogP contribution is -2.23. The molecule has 0 saturated carbocycles. The van der Waals surface area contributed by atoms with E-state index in [0.29, 0.717) is 22.3 Å².